The van der Waals surface area contributed by atoms with Crippen molar-refractivity contribution in [2.24, 2.45) is 5.41 Å². The Hall–Kier alpha value is -0.755. The molecule has 0 aliphatic rings. The molecule has 2 radical (unpaired) electrons. The third kappa shape index (κ3) is 3.38. The van der Waals surface area contributed by atoms with Crippen molar-refractivity contribution in [2.75, 3.05) is 0 Å². The van der Waals surface area contributed by atoms with Crippen LogP contribution in [0.2, 0.25) is 0 Å². The van der Waals surface area contributed by atoms with E-state index in [9.17, 15) is 0 Å². The van der Waals surface area contributed by atoms with Crippen LogP contribution in [0, 0.1) is 5.41 Å². The van der Waals surface area contributed by atoms with Gasteiger partial charge >= 0.3 is 0 Å². The first-order chi connectivity index (χ1) is 7.22. The fraction of sp³-hybridized carbons (Fsp3) is 0.571. The lowest BCUT2D eigenvalue weighted by Gasteiger charge is -2.38. The fourth-order valence-corrected chi connectivity index (χ4v) is 1.16. The summed E-state index contributed by atoms with van der Waals surface area (Å²) in [6.07, 6.45) is 0. The van der Waals surface area contributed by atoms with E-state index in [2.05, 4.69) is 34.6 Å². The Morgan fingerprint density at radius 2 is 1.75 bits per heavy atom. The predicted molar refractivity (Wildman–Crippen MR) is 70.2 cm³/mol. The van der Waals surface area contributed by atoms with Crippen LogP contribution in [0.25, 0.3) is 0 Å². The topological polar surface area (TPSA) is 9.23 Å². The van der Waals surface area contributed by atoms with Crippen LogP contribution >= 0.6 is 0 Å². The van der Waals surface area contributed by atoms with Crippen LogP contribution in [0.4, 0.5) is 0 Å². The Kier molecular flexibility index (Phi) is 3.85. The normalized spacial score (nSPS) is 12.8. The van der Waals surface area contributed by atoms with Gasteiger partial charge in [0.1, 0.15) is 7.85 Å². The van der Waals surface area contributed by atoms with Gasteiger partial charge in [-0.05, 0) is 24.8 Å². The zero-order chi connectivity index (χ0) is 12.4. The van der Waals surface area contributed by atoms with Gasteiger partial charge in [0, 0.05) is 0 Å². The van der Waals surface area contributed by atoms with Gasteiger partial charge in [-0.1, -0.05) is 50.5 Å². The molecule has 1 aromatic rings. The summed E-state index contributed by atoms with van der Waals surface area (Å²) in [5, 5.41) is 0. The number of hydrogen-bond donors (Lipinski definition) is 0. The van der Waals surface area contributed by atoms with Crippen LogP contribution in [0.15, 0.2) is 24.3 Å². The molecule has 0 heterocycles. The van der Waals surface area contributed by atoms with Crippen molar-refractivity contribution in [3.05, 3.63) is 29.8 Å². The monoisotopic (exact) mass is 216 g/mol. The van der Waals surface area contributed by atoms with E-state index in [0.29, 0.717) is 6.61 Å². The van der Waals surface area contributed by atoms with Crippen molar-refractivity contribution in [1.82, 2.24) is 0 Å². The molecule has 0 amide bonds. The molecule has 0 fully saturated rings. The molecular formula is C14H21BO. The molecule has 0 aromatic heterocycles. The van der Waals surface area contributed by atoms with Gasteiger partial charge in [0.05, 0.1) is 12.2 Å². The third-order valence-corrected chi connectivity index (χ3v) is 3.36. The molecule has 0 aliphatic carbocycles. The summed E-state index contributed by atoms with van der Waals surface area (Å²) in [6.45, 7) is 11.4. The molecule has 0 saturated carbocycles. The van der Waals surface area contributed by atoms with E-state index in [1.807, 2.05) is 24.3 Å². The van der Waals surface area contributed by atoms with Crippen LogP contribution in [0.5, 0.6) is 0 Å². The second kappa shape index (κ2) is 4.62. The average molecular weight is 216 g/mol. The van der Waals surface area contributed by atoms with E-state index in [-0.39, 0.29) is 11.0 Å². The predicted octanol–water partition coefficient (Wildman–Crippen LogP) is 2.82. The highest BCUT2D eigenvalue weighted by Crippen LogP contribution is 2.33. The number of hydrogen-bond acceptors (Lipinski definition) is 1. The highest BCUT2D eigenvalue weighted by molar-refractivity contribution is 6.32. The lowest BCUT2D eigenvalue weighted by atomic mass is 9.79. The minimum absolute atomic E-state index is 0.118. The van der Waals surface area contributed by atoms with Gasteiger partial charge in [-0.15, -0.1) is 0 Å². The SMILES string of the molecule is [B]c1cccc(COC(C)(C)C(C)(C)C)c1. The Labute approximate surface area is 101 Å². The zero-order valence-corrected chi connectivity index (χ0v) is 11.0. The van der Waals surface area contributed by atoms with Crippen LogP contribution in [-0.4, -0.2) is 13.4 Å². The first-order valence-corrected chi connectivity index (χ1v) is 5.71. The van der Waals surface area contributed by atoms with Crippen LogP contribution in [-0.2, 0) is 11.3 Å². The van der Waals surface area contributed by atoms with E-state index in [4.69, 9.17) is 12.6 Å². The summed E-state index contributed by atoms with van der Waals surface area (Å²) in [7, 11) is 5.73. The van der Waals surface area contributed by atoms with Crippen molar-refractivity contribution >= 4 is 13.3 Å². The Morgan fingerprint density at radius 1 is 1.12 bits per heavy atom. The smallest absolute Gasteiger partial charge is 0.113 e. The lowest BCUT2D eigenvalue weighted by Crippen LogP contribution is -2.39. The molecule has 86 valence electrons. The molecule has 0 saturated heterocycles. The molecule has 0 aliphatic heterocycles. The van der Waals surface area contributed by atoms with E-state index in [0.717, 1.165) is 11.0 Å². The molecule has 0 unspecified atom stereocenters. The first kappa shape index (κ1) is 13.3. The quantitative estimate of drug-likeness (QED) is 0.706. The summed E-state index contributed by atoms with van der Waals surface area (Å²) in [6, 6.07) is 7.84. The molecule has 2 heteroatoms. The number of ether oxygens (including phenoxy) is 1. The fourth-order valence-electron chi connectivity index (χ4n) is 1.16. The second-order valence-corrected chi connectivity index (χ2v) is 5.79. The number of benzene rings is 1. The van der Waals surface area contributed by atoms with Gasteiger partial charge in [-0.2, -0.15) is 0 Å². The summed E-state index contributed by atoms with van der Waals surface area (Å²) in [5.41, 5.74) is 1.87. The minimum Gasteiger partial charge on any atom is -0.370 e. The van der Waals surface area contributed by atoms with Gasteiger partial charge < -0.3 is 4.74 Å². The largest absolute Gasteiger partial charge is 0.370 e. The second-order valence-electron chi connectivity index (χ2n) is 5.79. The van der Waals surface area contributed by atoms with Gasteiger partial charge in [0.15, 0.2) is 0 Å². The summed E-state index contributed by atoms with van der Waals surface area (Å²) < 4.78 is 5.98. The standard InChI is InChI=1S/C14H21BO/c1-13(2,3)14(4,5)16-10-11-7-6-8-12(15)9-11/h6-9H,10H2,1-5H3. The van der Waals surface area contributed by atoms with E-state index >= 15 is 0 Å². The summed E-state index contributed by atoms with van der Waals surface area (Å²) in [4.78, 5) is 0. The van der Waals surface area contributed by atoms with E-state index in [1.54, 1.807) is 0 Å². The molecule has 1 nitrogen and oxygen atoms in total. The zero-order valence-electron chi connectivity index (χ0n) is 11.0. The van der Waals surface area contributed by atoms with Gasteiger partial charge in [-0.25, -0.2) is 0 Å². The maximum atomic E-state index is 5.98. The Bertz CT molecular complexity index is 350. The van der Waals surface area contributed by atoms with Crippen LogP contribution < -0.4 is 5.46 Å². The molecule has 0 N–H and O–H groups in total. The van der Waals surface area contributed by atoms with Crippen molar-refractivity contribution < 1.29 is 4.74 Å². The lowest BCUT2D eigenvalue weighted by molar-refractivity contribution is -0.0996. The Morgan fingerprint density at radius 3 is 2.25 bits per heavy atom. The Balaban J connectivity index is 2.65. The summed E-state index contributed by atoms with van der Waals surface area (Å²) >= 11 is 0. The molecular weight excluding hydrogens is 195 g/mol. The molecule has 0 bridgehead atoms. The van der Waals surface area contributed by atoms with Crippen molar-refractivity contribution in [2.45, 2.75) is 46.8 Å². The maximum Gasteiger partial charge on any atom is 0.113 e. The molecule has 0 spiro atoms. The summed E-state index contributed by atoms with van der Waals surface area (Å²) in [5.74, 6) is 0. The average Bonchev–Trinajstić information content (AvgIpc) is 2.13. The third-order valence-electron chi connectivity index (χ3n) is 3.36. The van der Waals surface area contributed by atoms with Crippen LogP contribution in [0.3, 0.4) is 0 Å². The molecule has 16 heavy (non-hydrogen) atoms. The van der Waals surface area contributed by atoms with Gasteiger partial charge in [-0.3, -0.25) is 0 Å². The van der Waals surface area contributed by atoms with Crippen molar-refractivity contribution in [1.29, 1.82) is 0 Å². The van der Waals surface area contributed by atoms with Gasteiger partial charge in [0.25, 0.3) is 0 Å². The highest BCUT2D eigenvalue weighted by atomic mass is 16.5. The number of rotatable bonds is 3. The van der Waals surface area contributed by atoms with Crippen LogP contribution in [0.1, 0.15) is 40.2 Å². The molecule has 1 aromatic carbocycles. The first-order valence-electron chi connectivity index (χ1n) is 5.71. The van der Waals surface area contributed by atoms with E-state index in [1.165, 1.54) is 0 Å². The van der Waals surface area contributed by atoms with Gasteiger partial charge in [0.2, 0.25) is 0 Å². The maximum absolute atomic E-state index is 5.98. The molecule has 1 rings (SSSR count). The van der Waals surface area contributed by atoms with E-state index < -0.39 is 0 Å². The molecule has 0 atom stereocenters. The van der Waals surface area contributed by atoms with Crippen molar-refractivity contribution in [3.8, 4) is 0 Å². The minimum atomic E-state index is -0.155. The highest BCUT2D eigenvalue weighted by Gasteiger charge is 2.33. The van der Waals surface area contributed by atoms with Crippen molar-refractivity contribution in [3.63, 3.8) is 0 Å².